The van der Waals surface area contributed by atoms with E-state index in [2.05, 4.69) is 15.3 Å². The van der Waals surface area contributed by atoms with Crippen LogP contribution in [0.25, 0.3) is 11.4 Å². The van der Waals surface area contributed by atoms with Gasteiger partial charge in [0.05, 0.1) is 5.56 Å². The van der Waals surface area contributed by atoms with Crippen LogP contribution in [0.5, 0.6) is 5.75 Å². The lowest BCUT2D eigenvalue weighted by atomic mass is 10.2. The molecule has 0 aromatic carbocycles. The third-order valence-electron chi connectivity index (χ3n) is 2.63. The molecule has 0 saturated heterocycles. The van der Waals surface area contributed by atoms with E-state index in [9.17, 15) is 19.5 Å². The number of carbonyl (C=O) groups excluding carboxylic acids is 1. The molecule has 0 atom stereocenters. The number of carboxylic acids is 1. The van der Waals surface area contributed by atoms with Gasteiger partial charge in [-0.05, 0) is 32.2 Å². The zero-order valence-corrected chi connectivity index (χ0v) is 13.9. The summed E-state index contributed by atoms with van der Waals surface area (Å²) in [6.07, 6.45) is -0.703. The minimum Gasteiger partial charge on any atom is -0.501 e. The van der Waals surface area contributed by atoms with Gasteiger partial charge in [-0.1, -0.05) is 0 Å². The number of nitrogens with zero attached hydrogens (tertiary/aromatic N) is 1. The molecule has 10 heteroatoms. The number of hydrogen-bond acceptors (Lipinski definition) is 7. The molecular weight excluding hydrogens is 338 g/mol. The van der Waals surface area contributed by atoms with Crippen LogP contribution in [0.15, 0.2) is 16.2 Å². The van der Waals surface area contributed by atoms with Crippen LogP contribution in [0.4, 0.5) is 9.80 Å². The van der Waals surface area contributed by atoms with Crippen LogP contribution in [0.1, 0.15) is 31.3 Å². The van der Waals surface area contributed by atoms with Gasteiger partial charge in [-0.3, -0.25) is 10.1 Å². The molecule has 1 amide bonds. The van der Waals surface area contributed by atoms with Crippen LogP contribution < -0.4 is 10.9 Å². The van der Waals surface area contributed by atoms with E-state index in [4.69, 9.17) is 9.84 Å². The van der Waals surface area contributed by atoms with Gasteiger partial charge >= 0.3 is 12.1 Å². The first-order chi connectivity index (χ1) is 11.1. The zero-order chi connectivity index (χ0) is 18.1. The quantitative estimate of drug-likeness (QED) is 0.663. The molecule has 0 aliphatic heterocycles. The van der Waals surface area contributed by atoms with Gasteiger partial charge in [0.2, 0.25) is 5.75 Å². The van der Waals surface area contributed by atoms with Crippen LogP contribution in [0.2, 0.25) is 0 Å². The molecule has 9 nitrogen and oxygen atoms in total. The Kier molecular flexibility index (Phi) is 4.60. The molecule has 0 saturated carbocycles. The number of amides is 1. The number of aromatic amines is 1. The van der Waals surface area contributed by atoms with E-state index in [0.29, 0.717) is 10.6 Å². The highest BCUT2D eigenvalue weighted by molar-refractivity contribution is 7.15. The second-order valence-corrected chi connectivity index (χ2v) is 6.62. The Morgan fingerprint density at radius 1 is 1.38 bits per heavy atom. The summed E-state index contributed by atoms with van der Waals surface area (Å²) in [6, 6.07) is 1.54. The number of aromatic carboxylic acids is 1. The van der Waals surface area contributed by atoms with Crippen molar-refractivity contribution in [2.24, 2.45) is 0 Å². The van der Waals surface area contributed by atoms with E-state index < -0.39 is 34.7 Å². The lowest BCUT2D eigenvalue weighted by Crippen LogP contribution is -2.27. The first-order valence-electron chi connectivity index (χ1n) is 6.73. The minimum absolute atomic E-state index is 0.0949. The van der Waals surface area contributed by atoms with Gasteiger partial charge in [-0.2, -0.15) is 0 Å². The summed E-state index contributed by atoms with van der Waals surface area (Å²) in [5.41, 5.74) is -2.16. The van der Waals surface area contributed by atoms with Crippen LogP contribution in [-0.4, -0.2) is 37.8 Å². The lowest BCUT2D eigenvalue weighted by molar-refractivity contribution is 0.0634. The molecule has 0 aliphatic carbocycles. The molecule has 2 rings (SSSR count). The Balaban J connectivity index is 2.39. The van der Waals surface area contributed by atoms with E-state index in [-0.39, 0.29) is 5.82 Å². The molecule has 0 aliphatic rings. The molecule has 0 unspecified atom stereocenters. The lowest BCUT2D eigenvalue weighted by Gasteiger charge is -2.19. The summed E-state index contributed by atoms with van der Waals surface area (Å²) >= 11 is 1.14. The number of aromatic hydroxyl groups is 1. The van der Waals surface area contributed by atoms with Crippen molar-refractivity contribution in [3.8, 4) is 17.1 Å². The summed E-state index contributed by atoms with van der Waals surface area (Å²) in [5, 5.41) is 22.9. The van der Waals surface area contributed by atoms with Crippen molar-refractivity contribution in [2.75, 3.05) is 5.32 Å². The average Bonchev–Trinajstić information content (AvgIpc) is 2.87. The van der Waals surface area contributed by atoms with Crippen molar-refractivity contribution in [3.63, 3.8) is 0 Å². The van der Waals surface area contributed by atoms with E-state index in [0.717, 1.165) is 11.3 Å². The second-order valence-electron chi connectivity index (χ2n) is 5.71. The highest BCUT2D eigenvalue weighted by Gasteiger charge is 2.21. The van der Waals surface area contributed by atoms with E-state index in [1.165, 1.54) is 0 Å². The highest BCUT2D eigenvalue weighted by atomic mass is 32.1. The fraction of sp³-hybridized carbons (Fsp3) is 0.286. The summed E-state index contributed by atoms with van der Waals surface area (Å²) in [6.45, 7) is 5.13. The third-order valence-corrected chi connectivity index (χ3v) is 3.46. The minimum atomic E-state index is -1.54. The molecule has 24 heavy (non-hydrogen) atoms. The predicted molar refractivity (Wildman–Crippen MR) is 86.7 cm³/mol. The van der Waals surface area contributed by atoms with Crippen LogP contribution in [0, 0.1) is 0 Å². The molecule has 2 aromatic heterocycles. The average molecular weight is 353 g/mol. The maximum atomic E-state index is 11.9. The Morgan fingerprint density at radius 2 is 2.04 bits per heavy atom. The van der Waals surface area contributed by atoms with Gasteiger partial charge in [-0.25, -0.2) is 14.6 Å². The molecular formula is C14H15N3O6S. The first kappa shape index (κ1) is 17.5. The third kappa shape index (κ3) is 3.90. The SMILES string of the molecule is CC(C)(C)OC(=O)Nc1sccc1-c1nc(C(=O)O)c(O)c(=O)[nH]1. The maximum absolute atomic E-state index is 11.9. The van der Waals surface area contributed by atoms with E-state index in [1.54, 1.807) is 32.2 Å². The molecule has 0 spiro atoms. The fourth-order valence-electron chi connectivity index (χ4n) is 1.73. The number of thiophene rings is 1. The Bertz CT molecular complexity index is 849. The van der Waals surface area contributed by atoms with Gasteiger partial charge in [0, 0.05) is 0 Å². The van der Waals surface area contributed by atoms with Crippen LogP contribution in [0.3, 0.4) is 0 Å². The molecule has 2 aromatic rings. The number of rotatable bonds is 3. The highest BCUT2D eigenvalue weighted by Crippen LogP contribution is 2.31. The summed E-state index contributed by atoms with van der Waals surface area (Å²) in [7, 11) is 0. The van der Waals surface area contributed by atoms with Crippen molar-refractivity contribution < 1.29 is 24.5 Å². The number of nitrogens with one attached hydrogen (secondary N) is 2. The largest absolute Gasteiger partial charge is 0.501 e. The predicted octanol–water partition coefficient (Wildman–Crippen LogP) is 2.25. The summed E-state index contributed by atoms with van der Waals surface area (Å²) in [5.74, 6) is -2.62. The molecule has 0 bridgehead atoms. The van der Waals surface area contributed by atoms with Crippen molar-refractivity contribution in [3.05, 3.63) is 27.5 Å². The van der Waals surface area contributed by atoms with Gasteiger partial charge in [0.25, 0.3) is 5.56 Å². The molecule has 2 heterocycles. The number of carboxylic acid groups (broad SMARTS) is 1. The fourth-order valence-corrected chi connectivity index (χ4v) is 2.51. The Morgan fingerprint density at radius 3 is 2.62 bits per heavy atom. The summed E-state index contributed by atoms with van der Waals surface area (Å²) in [4.78, 5) is 40.6. The van der Waals surface area contributed by atoms with E-state index >= 15 is 0 Å². The molecule has 128 valence electrons. The number of anilines is 1. The standard InChI is InChI=1S/C14H15N3O6S/c1-14(2,3)23-13(22)17-11-6(4-5-24-11)9-15-7(12(20)21)8(18)10(19)16-9/h4-5,18H,1-3H3,(H,17,22)(H,20,21)(H,15,16,19). The van der Waals surface area contributed by atoms with Crippen molar-refractivity contribution in [1.82, 2.24) is 9.97 Å². The monoisotopic (exact) mass is 353 g/mol. The van der Waals surface area contributed by atoms with Crippen molar-refractivity contribution in [2.45, 2.75) is 26.4 Å². The zero-order valence-electron chi connectivity index (χ0n) is 13.0. The van der Waals surface area contributed by atoms with Crippen molar-refractivity contribution in [1.29, 1.82) is 0 Å². The number of hydrogen-bond donors (Lipinski definition) is 4. The number of carbonyl (C=O) groups is 2. The smallest absolute Gasteiger partial charge is 0.412 e. The maximum Gasteiger partial charge on any atom is 0.412 e. The number of aromatic nitrogens is 2. The molecule has 4 N–H and O–H groups in total. The number of ether oxygens (including phenoxy) is 1. The van der Waals surface area contributed by atoms with Gasteiger partial charge in [-0.15, -0.1) is 11.3 Å². The van der Waals surface area contributed by atoms with Gasteiger partial charge in [0.15, 0.2) is 5.69 Å². The number of H-pyrrole nitrogens is 1. The van der Waals surface area contributed by atoms with Gasteiger partial charge in [0.1, 0.15) is 16.4 Å². The molecule has 0 fully saturated rings. The van der Waals surface area contributed by atoms with Crippen LogP contribution in [-0.2, 0) is 4.74 Å². The molecule has 0 radical (unpaired) electrons. The normalized spacial score (nSPS) is 11.1. The topological polar surface area (TPSA) is 142 Å². The first-order valence-corrected chi connectivity index (χ1v) is 7.61. The van der Waals surface area contributed by atoms with Crippen LogP contribution >= 0.6 is 11.3 Å². The Hall–Kier alpha value is -2.88. The Labute approximate surface area is 139 Å². The summed E-state index contributed by atoms with van der Waals surface area (Å²) < 4.78 is 5.14. The van der Waals surface area contributed by atoms with E-state index in [1.807, 2.05) is 0 Å². The van der Waals surface area contributed by atoms with Gasteiger partial charge < -0.3 is 19.9 Å². The van der Waals surface area contributed by atoms with Crippen molar-refractivity contribution >= 4 is 28.4 Å². The second kappa shape index (κ2) is 6.32.